The van der Waals surface area contributed by atoms with E-state index in [4.69, 9.17) is 0 Å². The van der Waals surface area contributed by atoms with Crippen molar-refractivity contribution in [3.8, 4) is 0 Å². The molecule has 1 rings (SSSR count). The van der Waals surface area contributed by atoms with Gasteiger partial charge in [-0.2, -0.15) is 0 Å². The van der Waals surface area contributed by atoms with Crippen molar-refractivity contribution in [1.82, 2.24) is 15.1 Å². The molecular formula is C15H33N3. The highest BCUT2D eigenvalue weighted by molar-refractivity contribution is 4.68. The molecule has 0 amide bonds. The molecule has 0 aromatic carbocycles. The molecule has 18 heavy (non-hydrogen) atoms. The zero-order valence-corrected chi connectivity index (χ0v) is 12.7. The molecule has 1 N–H and O–H groups in total. The zero-order chi connectivity index (χ0) is 13.2. The Morgan fingerprint density at radius 3 is 2.50 bits per heavy atom. The van der Waals surface area contributed by atoms with Crippen LogP contribution >= 0.6 is 0 Å². The predicted molar refractivity (Wildman–Crippen MR) is 80.2 cm³/mol. The highest BCUT2D eigenvalue weighted by atomic mass is 15.2. The summed E-state index contributed by atoms with van der Waals surface area (Å²) in [7, 11) is 2.27. The zero-order valence-electron chi connectivity index (χ0n) is 12.7. The van der Waals surface area contributed by atoms with E-state index in [1.807, 2.05) is 0 Å². The smallest absolute Gasteiger partial charge is 0.0109 e. The number of likely N-dealkylation sites (N-methyl/N-ethyl adjacent to an activating group) is 1. The summed E-state index contributed by atoms with van der Waals surface area (Å²) in [5.74, 6) is 0. The van der Waals surface area contributed by atoms with E-state index in [-0.39, 0.29) is 0 Å². The second-order valence-electron chi connectivity index (χ2n) is 5.66. The number of hydrogen-bond acceptors (Lipinski definition) is 3. The molecule has 0 saturated carbocycles. The lowest BCUT2D eigenvalue weighted by atomic mass is 10.1. The second kappa shape index (κ2) is 9.76. The number of rotatable bonds is 10. The first kappa shape index (κ1) is 15.9. The summed E-state index contributed by atoms with van der Waals surface area (Å²) in [4.78, 5) is 5.10. The van der Waals surface area contributed by atoms with Gasteiger partial charge in [-0.15, -0.1) is 0 Å². The third kappa shape index (κ3) is 6.72. The third-order valence-corrected chi connectivity index (χ3v) is 4.07. The van der Waals surface area contributed by atoms with Gasteiger partial charge < -0.3 is 15.1 Å². The molecule has 1 aliphatic rings. The monoisotopic (exact) mass is 255 g/mol. The van der Waals surface area contributed by atoms with Gasteiger partial charge >= 0.3 is 0 Å². The first-order valence-electron chi connectivity index (χ1n) is 7.90. The minimum Gasteiger partial charge on any atom is -0.314 e. The lowest BCUT2D eigenvalue weighted by molar-refractivity contribution is 0.251. The maximum Gasteiger partial charge on any atom is 0.0109 e. The molecule has 0 bridgehead atoms. The van der Waals surface area contributed by atoms with E-state index in [9.17, 15) is 0 Å². The van der Waals surface area contributed by atoms with Crippen LogP contribution in [0.4, 0.5) is 0 Å². The van der Waals surface area contributed by atoms with Crippen LogP contribution in [0.5, 0.6) is 0 Å². The van der Waals surface area contributed by atoms with Gasteiger partial charge in [-0.1, -0.05) is 13.8 Å². The van der Waals surface area contributed by atoms with Crippen LogP contribution < -0.4 is 5.32 Å². The maximum absolute atomic E-state index is 3.56. The summed E-state index contributed by atoms with van der Waals surface area (Å²) >= 11 is 0. The largest absolute Gasteiger partial charge is 0.314 e. The summed E-state index contributed by atoms with van der Waals surface area (Å²) in [6, 6.07) is 0.724. The summed E-state index contributed by atoms with van der Waals surface area (Å²) in [6.45, 7) is 12.0. The van der Waals surface area contributed by atoms with Crippen molar-refractivity contribution < 1.29 is 0 Å². The van der Waals surface area contributed by atoms with Gasteiger partial charge in [-0.05, 0) is 65.3 Å². The fourth-order valence-electron chi connectivity index (χ4n) is 2.78. The van der Waals surface area contributed by atoms with Gasteiger partial charge in [-0.3, -0.25) is 0 Å². The minimum atomic E-state index is 0.724. The topological polar surface area (TPSA) is 18.5 Å². The van der Waals surface area contributed by atoms with E-state index >= 15 is 0 Å². The molecule has 1 atom stereocenters. The van der Waals surface area contributed by atoms with E-state index in [2.05, 4.69) is 36.0 Å². The fourth-order valence-corrected chi connectivity index (χ4v) is 2.78. The predicted octanol–water partition coefficient (Wildman–Crippen LogP) is 2.18. The molecule has 1 fully saturated rings. The molecule has 0 radical (unpaired) electrons. The Bertz CT molecular complexity index is 190. The van der Waals surface area contributed by atoms with Crippen molar-refractivity contribution in [2.24, 2.45) is 0 Å². The van der Waals surface area contributed by atoms with E-state index in [1.165, 1.54) is 64.8 Å². The lowest BCUT2D eigenvalue weighted by Crippen LogP contribution is -2.33. The van der Waals surface area contributed by atoms with E-state index < -0.39 is 0 Å². The molecule has 1 heterocycles. The van der Waals surface area contributed by atoms with Gasteiger partial charge in [0.25, 0.3) is 0 Å². The van der Waals surface area contributed by atoms with Crippen LogP contribution in [0.25, 0.3) is 0 Å². The molecule has 0 spiro atoms. The van der Waals surface area contributed by atoms with Gasteiger partial charge in [0.2, 0.25) is 0 Å². The fraction of sp³-hybridized carbons (Fsp3) is 1.00. The van der Waals surface area contributed by atoms with E-state index in [0.29, 0.717) is 0 Å². The Hall–Kier alpha value is -0.120. The molecule has 1 saturated heterocycles. The van der Waals surface area contributed by atoms with Gasteiger partial charge in [0.1, 0.15) is 0 Å². The number of nitrogens with zero attached hydrogens (tertiary/aromatic N) is 2. The quantitative estimate of drug-likeness (QED) is 0.645. The Labute approximate surface area is 114 Å². The minimum absolute atomic E-state index is 0.724. The Morgan fingerprint density at radius 2 is 1.89 bits per heavy atom. The molecule has 3 heteroatoms. The van der Waals surface area contributed by atoms with Crippen LogP contribution in [-0.4, -0.2) is 62.2 Å². The third-order valence-electron chi connectivity index (χ3n) is 4.07. The maximum atomic E-state index is 3.56. The summed E-state index contributed by atoms with van der Waals surface area (Å²) in [5.41, 5.74) is 0. The lowest BCUT2D eigenvalue weighted by Gasteiger charge is -2.22. The van der Waals surface area contributed by atoms with Crippen LogP contribution in [0.1, 0.15) is 46.0 Å². The average Bonchev–Trinajstić information content (AvgIpc) is 2.88. The highest BCUT2D eigenvalue weighted by Gasteiger charge is 2.11. The van der Waals surface area contributed by atoms with Gasteiger partial charge in [0.05, 0.1) is 0 Å². The normalized spacial score (nSPS) is 18.7. The van der Waals surface area contributed by atoms with Crippen molar-refractivity contribution in [2.75, 3.05) is 46.3 Å². The van der Waals surface area contributed by atoms with Crippen molar-refractivity contribution >= 4 is 0 Å². The van der Waals surface area contributed by atoms with Crippen molar-refractivity contribution in [3.63, 3.8) is 0 Å². The number of likely N-dealkylation sites (tertiary alicyclic amines) is 1. The molecule has 3 nitrogen and oxygen atoms in total. The number of hydrogen-bond donors (Lipinski definition) is 1. The molecular weight excluding hydrogens is 222 g/mol. The Kier molecular flexibility index (Phi) is 8.64. The van der Waals surface area contributed by atoms with Gasteiger partial charge in [0, 0.05) is 19.1 Å². The number of nitrogens with one attached hydrogen (secondary N) is 1. The van der Waals surface area contributed by atoms with E-state index in [1.54, 1.807) is 0 Å². The Morgan fingerprint density at radius 1 is 1.17 bits per heavy atom. The van der Waals surface area contributed by atoms with Crippen LogP contribution in [0, 0.1) is 0 Å². The van der Waals surface area contributed by atoms with E-state index in [0.717, 1.165) is 12.6 Å². The van der Waals surface area contributed by atoms with Crippen molar-refractivity contribution in [2.45, 2.75) is 52.0 Å². The first-order chi connectivity index (χ1) is 8.76. The molecule has 1 aliphatic heterocycles. The molecule has 0 aromatic heterocycles. The SMILES string of the molecule is CCNC(CC)CCCN(C)CCN1CCCC1. The summed E-state index contributed by atoms with van der Waals surface area (Å²) < 4.78 is 0. The van der Waals surface area contributed by atoms with Crippen molar-refractivity contribution in [3.05, 3.63) is 0 Å². The second-order valence-corrected chi connectivity index (χ2v) is 5.66. The summed E-state index contributed by atoms with van der Waals surface area (Å²) in [5, 5.41) is 3.56. The van der Waals surface area contributed by atoms with Crippen LogP contribution in [-0.2, 0) is 0 Å². The molecule has 108 valence electrons. The molecule has 0 aromatic rings. The Balaban J connectivity index is 1.99. The standard InChI is InChI=1S/C15H33N3/c1-4-15(16-5-2)9-8-10-17(3)13-14-18-11-6-7-12-18/h15-16H,4-14H2,1-3H3. The van der Waals surface area contributed by atoms with Crippen LogP contribution in [0.3, 0.4) is 0 Å². The van der Waals surface area contributed by atoms with Gasteiger partial charge in [-0.25, -0.2) is 0 Å². The van der Waals surface area contributed by atoms with Crippen LogP contribution in [0.15, 0.2) is 0 Å². The van der Waals surface area contributed by atoms with Crippen molar-refractivity contribution in [1.29, 1.82) is 0 Å². The average molecular weight is 255 g/mol. The summed E-state index contributed by atoms with van der Waals surface area (Å²) in [6.07, 6.45) is 6.71. The first-order valence-corrected chi connectivity index (χ1v) is 7.90. The molecule has 1 unspecified atom stereocenters. The highest BCUT2D eigenvalue weighted by Crippen LogP contribution is 2.07. The van der Waals surface area contributed by atoms with Gasteiger partial charge in [0.15, 0.2) is 0 Å². The van der Waals surface area contributed by atoms with Crippen LogP contribution in [0.2, 0.25) is 0 Å². The molecule has 0 aliphatic carbocycles.